The maximum absolute atomic E-state index is 12.9. The fourth-order valence-electron chi connectivity index (χ4n) is 21.6. The van der Waals surface area contributed by atoms with Crippen molar-refractivity contribution in [2.24, 2.45) is 49.3 Å². The molecule has 1 unspecified atom stereocenters. The van der Waals surface area contributed by atoms with Crippen LogP contribution in [-0.4, -0.2) is 125 Å². The van der Waals surface area contributed by atoms with Crippen molar-refractivity contribution < 1.29 is 43.9 Å². The highest BCUT2D eigenvalue weighted by molar-refractivity contribution is 7.99. The number of carboxylic acids is 3. The Bertz CT molecular complexity index is 8240. The number of halogens is 4. The first-order chi connectivity index (χ1) is 69.6. The summed E-state index contributed by atoms with van der Waals surface area (Å²) in [5.41, 5.74) is 26.0. The standard InChI is InChI=1S/C37H36ClN5O3S2.C37H38ClN5O3S2.C36H33Cl2N5O3S2/c1-21-8-9-26-22(14-21)15-25-17-32(26)46-13-5-6-27-28-10-11-29(38)33(35(28)41(2)36(27)37(44)45)34-30(40-43-12-4-7-31(34)43)20-47-18-23-16-24(19-48-25)42(3)39-23;1-20-7-8-27-23(13-20)14-26-16-31(27)46-12-11-21(2)32-28-9-10-29(38)34(35(28)41(4)36(32)37(44)45)33-22(3)42(5)40-30(33)19-47-17-24-15-25(18-48-26)43(6)39-24;1-41-34(36(44)45)25-9-6-12-46-30-15-23(13-20-7-3-4-8-24(20)30)48-18-22-14-21(39-42(22)2)17-47-19-28-33(29-10-5-11-43(29)40-28)32-27(38)16-26(37)31(25)35(32)41/h8-11,14-17H,4-7,12-13,18-20H2,1-3H3,(H,44,45);7-10,13-16,21H,11-12,17-19H2,1-6H3,(H,44,45);3-4,7-8,13-16H,5-6,9-12,17-19H2,1-2H3,(H,44,45). The molecule has 1 atom stereocenters. The lowest BCUT2D eigenvalue weighted by atomic mass is 9.93. The van der Waals surface area contributed by atoms with Gasteiger partial charge in [-0.1, -0.05) is 137 Å². The topological polar surface area (TPSA) is 261 Å². The first kappa shape index (κ1) is 98.7. The number of aromatic nitrogens is 15. The minimum atomic E-state index is -1.00. The number of aromatic carboxylic acids is 3. The third-order valence-electron chi connectivity index (χ3n) is 28.4. The lowest BCUT2D eigenvalue weighted by molar-refractivity contribution is 0.0674. The molecule has 24 nitrogen and oxygen atoms in total. The molecule has 5 aliphatic heterocycles. The fraction of sp³-hybridized carbons (Fsp3) is 0.318. The summed E-state index contributed by atoms with van der Waals surface area (Å²) in [7, 11) is 13.4. The van der Waals surface area contributed by atoms with Crippen LogP contribution in [0.3, 0.4) is 0 Å². The Morgan fingerprint density at radius 3 is 1.31 bits per heavy atom. The summed E-state index contributed by atoms with van der Waals surface area (Å²) in [5, 5.41) is 72.3. The molecule has 0 amide bonds. The van der Waals surface area contributed by atoms with Gasteiger partial charge in [-0.3, -0.25) is 28.1 Å². The second-order valence-electron chi connectivity index (χ2n) is 37.8. The van der Waals surface area contributed by atoms with Gasteiger partial charge >= 0.3 is 17.9 Å². The van der Waals surface area contributed by atoms with E-state index in [0.717, 1.165) is 272 Å². The third kappa shape index (κ3) is 18.9. The zero-order valence-corrected chi connectivity index (χ0v) is 89.6. The quantitative estimate of drug-likeness (QED) is 0.148. The molecule has 14 heterocycles. The highest BCUT2D eigenvalue weighted by Crippen LogP contribution is 2.52. The molecule has 0 fully saturated rings. The summed E-state index contributed by atoms with van der Waals surface area (Å²) >= 11 is 38.8. The highest BCUT2D eigenvalue weighted by Gasteiger charge is 2.36. The highest BCUT2D eigenvalue weighted by atomic mass is 35.5. The van der Waals surface area contributed by atoms with Crippen LogP contribution in [0.15, 0.2) is 160 Å². The van der Waals surface area contributed by atoms with Crippen molar-refractivity contribution >= 4 is 200 Å². The number of benzene rings is 9. The van der Waals surface area contributed by atoms with Crippen molar-refractivity contribution in [2.75, 3.05) is 19.8 Å². The van der Waals surface area contributed by atoms with Gasteiger partial charge in [-0.2, -0.15) is 30.6 Å². The van der Waals surface area contributed by atoms with E-state index >= 15 is 0 Å². The zero-order valence-electron chi connectivity index (χ0n) is 81.7. The summed E-state index contributed by atoms with van der Waals surface area (Å²) in [6.45, 7) is 11.4. The second-order valence-corrected chi connectivity index (χ2v) is 45.5. The molecule has 23 rings (SSSR count). The summed E-state index contributed by atoms with van der Waals surface area (Å²) in [4.78, 5) is 41.9. The number of hydrogen-bond donors (Lipinski definition) is 3. The van der Waals surface area contributed by atoms with Crippen LogP contribution < -0.4 is 14.2 Å². The van der Waals surface area contributed by atoms with Crippen molar-refractivity contribution in [2.45, 2.75) is 171 Å². The van der Waals surface area contributed by atoms with Crippen LogP contribution in [0.5, 0.6) is 17.2 Å². The Labute approximate surface area is 878 Å². The molecule has 24 bridgehead atoms. The van der Waals surface area contributed by atoms with Gasteiger partial charge in [0.2, 0.25) is 0 Å². The smallest absolute Gasteiger partial charge is 0.352 e. The van der Waals surface area contributed by atoms with Gasteiger partial charge in [-0.25, -0.2) is 14.4 Å². The number of aryl methyl sites for hydroxylation is 13. The van der Waals surface area contributed by atoms with Crippen molar-refractivity contribution in [1.82, 2.24) is 72.4 Å². The van der Waals surface area contributed by atoms with E-state index in [-0.39, 0.29) is 17.3 Å². The average Bonchev–Trinajstić information content (AvgIpc) is 1.57. The number of ether oxygens (including phenoxy) is 3. The molecule has 3 N–H and O–H groups in total. The van der Waals surface area contributed by atoms with Gasteiger partial charge in [-0.15, -0.1) is 70.6 Å². The first-order valence-corrected chi connectivity index (χ1v) is 56.2. The van der Waals surface area contributed by atoms with E-state index < -0.39 is 17.9 Å². The monoisotopic (exact) mass is 2110 g/mol. The summed E-state index contributed by atoms with van der Waals surface area (Å²) < 4.78 is 36.9. The Morgan fingerprint density at radius 2 is 0.799 bits per heavy atom. The van der Waals surface area contributed by atoms with Crippen LogP contribution in [0.2, 0.25) is 20.1 Å². The molecule has 34 heteroatoms. The number of carbonyl (C=O) groups is 3. The minimum Gasteiger partial charge on any atom is -0.493 e. The van der Waals surface area contributed by atoms with Crippen molar-refractivity contribution in [3.63, 3.8) is 0 Å². The van der Waals surface area contributed by atoms with Gasteiger partial charge in [0.05, 0.1) is 90.6 Å². The van der Waals surface area contributed by atoms with Crippen molar-refractivity contribution in [3.8, 4) is 50.6 Å². The van der Waals surface area contributed by atoms with Crippen LogP contribution in [0.1, 0.15) is 173 Å². The maximum atomic E-state index is 12.9. The van der Waals surface area contributed by atoms with Gasteiger partial charge in [0.25, 0.3) is 0 Å². The number of nitrogens with zero attached hydrogens (tertiary/aromatic N) is 15. The van der Waals surface area contributed by atoms with E-state index in [1.807, 2.05) is 109 Å². The molecule has 9 aromatic heterocycles. The van der Waals surface area contributed by atoms with E-state index in [4.69, 9.17) is 91.2 Å². The number of carboxylic acid groups (broad SMARTS) is 3. The Kier molecular flexibility index (Phi) is 28.2. The number of fused-ring (bicyclic) bond motifs is 28. The maximum Gasteiger partial charge on any atom is 0.352 e. The molecule has 18 aromatic rings. The zero-order chi connectivity index (χ0) is 100. The number of hydrogen-bond acceptors (Lipinski definition) is 18. The van der Waals surface area contributed by atoms with Crippen molar-refractivity contribution in [1.29, 1.82) is 0 Å². The number of thioether (sulfide) groups is 6. The van der Waals surface area contributed by atoms with Crippen molar-refractivity contribution in [3.05, 3.63) is 279 Å². The molecule has 9 aromatic carbocycles. The Hall–Kier alpha value is -11.3. The molecule has 0 aliphatic carbocycles. The molecule has 144 heavy (non-hydrogen) atoms. The molecule has 5 aliphatic rings. The molecule has 0 saturated carbocycles. The lowest BCUT2D eigenvalue weighted by Crippen LogP contribution is -2.11. The fourth-order valence-corrected chi connectivity index (χ4v) is 28.3. The van der Waals surface area contributed by atoms with E-state index in [1.54, 1.807) is 92.8 Å². The van der Waals surface area contributed by atoms with E-state index in [9.17, 15) is 29.7 Å². The molecule has 740 valence electrons. The van der Waals surface area contributed by atoms with Crippen LogP contribution in [0, 0.1) is 20.8 Å². The summed E-state index contributed by atoms with van der Waals surface area (Å²) in [5.74, 6) is 6.06. The average molecular weight is 2120 g/mol. The van der Waals surface area contributed by atoms with Gasteiger partial charge in [0.1, 0.15) is 34.3 Å². The SMILES string of the molecule is Cc1ccc2c3cc(cc2c1)SCc1cc(nn1C)CSCc1nn(C)c(C)c1-c1c(Cl)ccc2c(c(C(=O)O)n(C)c12)C(C)CCO3.Cc1ccc2c3cc(cc2c1)SCc1cc(nn1C)CSCc1nn2c(c1-c1c(Cl)ccc4c(c(C(=O)O)n(C)c14)CCCO3)CCC2.Cn1nc2cc1CSc1cc(c3ccccc3c1)OCCCc1c(C(=O)O)n(C)c3c(c(Cl)cc(Cl)c13)-c1c(nn3c1CCC3)CSC2. The predicted molar refractivity (Wildman–Crippen MR) is 586 cm³/mol. The summed E-state index contributed by atoms with van der Waals surface area (Å²) in [6.07, 6.45) is 6.75. The van der Waals surface area contributed by atoms with Crippen LogP contribution >= 0.6 is 117 Å². The molecule has 0 radical (unpaired) electrons. The Morgan fingerprint density at radius 1 is 0.375 bits per heavy atom. The molecule has 0 spiro atoms. The second kappa shape index (κ2) is 41.2. The molecular formula is C110H107Cl4N15O9S6. The largest absolute Gasteiger partial charge is 0.493 e. The molecular weight excluding hydrogens is 2010 g/mol. The summed E-state index contributed by atoms with van der Waals surface area (Å²) in [6, 6.07) is 50.2. The van der Waals surface area contributed by atoms with Gasteiger partial charge in [-0.05, 0) is 190 Å². The van der Waals surface area contributed by atoms with Crippen LogP contribution in [0.4, 0.5) is 0 Å². The van der Waals surface area contributed by atoms with Gasteiger partial charge < -0.3 is 43.2 Å². The predicted octanol–water partition coefficient (Wildman–Crippen LogP) is 26.6. The number of rotatable bonds is 3. The van der Waals surface area contributed by atoms with E-state index in [0.29, 0.717) is 101 Å². The van der Waals surface area contributed by atoms with E-state index in [2.05, 4.69) is 133 Å². The minimum absolute atomic E-state index is 0.0992. The van der Waals surface area contributed by atoms with E-state index in [1.165, 1.54) is 22.5 Å². The van der Waals surface area contributed by atoms with Gasteiger partial charge in [0, 0.05) is 229 Å². The Balaban J connectivity index is 0.000000127. The van der Waals surface area contributed by atoms with Crippen LogP contribution in [-0.2, 0) is 140 Å². The first-order valence-electron chi connectivity index (χ1n) is 48.2. The lowest BCUT2D eigenvalue weighted by Gasteiger charge is -2.16. The normalized spacial score (nSPS) is 15.5. The van der Waals surface area contributed by atoms with Crippen LogP contribution in [0.25, 0.3) is 98.4 Å². The third-order valence-corrected chi connectivity index (χ3v) is 35.5. The van der Waals surface area contributed by atoms with Gasteiger partial charge in [0.15, 0.2) is 0 Å². The molecule has 0 saturated heterocycles.